The van der Waals surface area contributed by atoms with E-state index in [4.69, 9.17) is 10.5 Å². The second-order valence-corrected chi connectivity index (χ2v) is 5.49. The third kappa shape index (κ3) is 4.32. The van der Waals surface area contributed by atoms with Crippen molar-refractivity contribution in [3.63, 3.8) is 0 Å². The maximum atomic E-state index is 12.9. The Morgan fingerprint density at radius 3 is 2.55 bits per heavy atom. The van der Waals surface area contributed by atoms with Gasteiger partial charge in [-0.3, -0.25) is 0 Å². The molecule has 4 heteroatoms. The fraction of sp³-hybridized carbons (Fsp3) is 0.250. The molecular weight excluding hydrogens is 321 g/mol. The molecule has 0 aliphatic heterocycles. The summed E-state index contributed by atoms with van der Waals surface area (Å²) in [5, 5.41) is 0. The van der Waals surface area contributed by atoms with Gasteiger partial charge in [0.15, 0.2) is 0 Å². The maximum absolute atomic E-state index is 12.9. The van der Waals surface area contributed by atoms with Gasteiger partial charge in [0.1, 0.15) is 11.6 Å². The zero-order valence-electron chi connectivity index (χ0n) is 11.1. The van der Waals surface area contributed by atoms with Gasteiger partial charge in [-0.2, -0.15) is 0 Å². The van der Waals surface area contributed by atoms with Gasteiger partial charge >= 0.3 is 0 Å². The monoisotopic (exact) mass is 337 g/mol. The van der Waals surface area contributed by atoms with Crippen LogP contribution in [0.15, 0.2) is 53.0 Å². The molecule has 20 heavy (non-hydrogen) atoms. The fourth-order valence-electron chi connectivity index (χ4n) is 2.03. The van der Waals surface area contributed by atoms with Crippen molar-refractivity contribution in [1.29, 1.82) is 0 Å². The lowest BCUT2D eigenvalue weighted by Crippen LogP contribution is -2.15. The molecule has 0 spiro atoms. The molecule has 0 aliphatic carbocycles. The van der Waals surface area contributed by atoms with Crippen molar-refractivity contribution in [2.24, 2.45) is 5.73 Å². The predicted octanol–water partition coefficient (Wildman–Crippen LogP) is 4.10. The minimum Gasteiger partial charge on any atom is -0.494 e. The summed E-state index contributed by atoms with van der Waals surface area (Å²) in [6, 6.07) is 14.2. The quantitative estimate of drug-likeness (QED) is 0.861. The molecule has 0 aliphatic rings. The number of halogens is 2. The highest BCUT2D eigenvalue weighted by Gasteiger charge is 2.10. The van der Waals surface area contributed by atoms with Gasteiger partial charge in [0.05, 0.1) is 6.61 Å². The molecule has 0 radical (unpaired) electrons. The average Bonchev–Trinajstić information content (AvgIpc) is 2.45. The first-order valence-corrected chi connectivity index (χ1v) is 7.32. The molecule has 0 bridgehead atoms. The van der Waals surface area contributed by atoms with Crippen LogP contribution in [-0.4, -0.2) is 13.2 Å². The molecule has 0 saturated carbocycles. The number of nitrogens with two attached hydrogens (primary N) is 1. The maximum Gasteiger partial charge on any atom is 0.123 e. The van der Waals surface area contributed by atoms with Crippen LogP contribution in [0.2, 0.25) is 0 Å². The average molecular weight is 338 g/mol. The molecule has 1 atom stereocenters. The van der Waals surface area contributed by atoms with Crippen LogP contribution in [0.4, 0.5) is 4.39 Å². The summed E-state index contributed by atoms with van der Waals surface area (Å²) in [6.45, 7) is 1.10. The smallest absolute Gasteiger partial charge is 0.123 e. The standard InChI is InChI=1S/C16H17BrFNO/c17-14-2-1-3-16(10-14)20-9-8-13(11-19)12-4-6-15(18)7-5-12/h1-7,10,13H,8-9,11,19H2. The number of hydrogen-bond acceptors (Lipinski definition) is 2. The number of rotatable bonds is 6. The molecule has 0 saturated heterocycles. The van der Waals surface area contributed by atoms with Crippen molar-refractivity contribution in [1.82, 2.24) is 0 Å². The second-order valence-electron chi connectivity index (χ2n) is 4.58. The molecule has 0 aromatic heterocycles. The van der Waals surface area contributed by atoms with Gasteiger partial charge in [-0.1, -0.05) is 34.1 Å². The third-order valence-electron chi connectivity index (χ3n) is 3.16. The van der Waals surface area contributed by atoms with Crippen LogP contribution in [0.1, 0.15) is 17.9 Å². The number of hydrogen-bond donors (Lipinski definition) is 1. The Bertz CT molecular complexity index is 544. The summed E-state index contributed by atoms with van der Waals surface area (Å²) in [5.41, 5.74) is 6.84. The van der Waals surface area contributed by atoms with Gasteiger partial charge in [0, 0.05) is 4.47 Å². The van der Waals surface area contributed by atoms with Crippen molar-refractivity contribution in [3.8, 4) is 5.75 Å². The molecular formula is C16H17BrFNO. The zero-order valence-corrected chi connectivity index (χ0v) is 12.6. The minimum atomic E-state index is -0.227. The Balaban J connectivity index is 1.89. The van der Waals surface area contributed by atoms with E-state index in [-0.39, 0.29) is 11.7 Å². The van der Waals surface area contributed by atoms with Crippen molar-refractivity contribution in [3.05, 3.63) is 64.4 Å². The molecule has 2 rings (SSSR count). The topological polar surface area (TPSA) is 35.2 Å². The third-order valence-corrected chi connectivity index (χ3v) is 3.65. The molecule has 2 nitrogen and oxygen atoms in total. The first kappa shape index (κ1) is 15.0. The van der Waals surface area contributed by atoms with Gasteiger partial charge in [-0.15, -0.1) is 0 Å². The number of benzene rings is 2. The van der Waals surface area contributed by atoms with Crippen LogP contribution < -0.4 is 10.5 Å². The van der Waals surface area contributed by atoms with Gasteiger partial charge < -0.3 is 10.5 Å². The summed E-state index contributed by atoms with van der Waals surface area (Å²) in [5.74, 6) is 0.784. The summed E-state index contributed by atoms with van der Waals surface area (Å²) in [4.78, 5) is 0. The Labute approximate surface area is 126 Å². The number of ether oxygens (including phenoxy) is 1. The van der Waals surface area contributed by atoms with Crippen LogP contribution in [-0.2, 0) is 0 Å². The molecule has 1 unspecified atom stereocenters. The first-order chi connectivity index (χ1) is 9.69. The lowest BCUT2D eigenvalue weighted by Gasteiger charge is -2.15. The van der Waals surface area contributed by atoms with E-state index in [0.29, 0.717) is 13.2 Å². The van der Waals surface area contributed by atoms with Crippen LogP contribution in [0.3, 0.4) is 0 Å². The molecule has 0 amide bonds. The highest BCUT2D eigenvalue weighted by atomic mass is 79.9. The van der Waals surface area contributed by atoms with Crippen LogP contribution in [0, 0.1) is 5.82 Å². The van der Waals surface area contributed by atoms with E-state index < -0.39 is 0 Å². The van der Waals surface area contributed by atoms with Gasteiger partial charge in [-0.25, -0.2) is 4.39 Å². The summed E-state index contributed by atoms with van der Waals surface area (Å²) < 4.78 is 19.6. The van der Waals surface area contributed by atoms with E-state index >= 15 is 0 Å². The van der Waals surface area contributed by atoms with Crippen molar-refractivity contribution >= 4 is 15.9 Å². The normalized spacial score (nSPS) is 12.2. The van der Waals surface area contributed by atoms with E-state index in [0.717, 1.165) is 22.2 Å². The van der Waals surface area contributed by atoms with E-state index in [1.165, 1.54) is 12.1 Å². The highest BCUT2D eigenvalue weighted by Crippen LogP contribution is 2.21. The van der Waals surface area contributed by atoms with E-state index in [9.17, 15) is 4.39 Å². The lowest BCUT2D eigenvalue weighted by atomic mass is 9.96. The van der Waals surface area contributed by atoms with Crippen LogP contribution >= 0.6 is 15.9 Å². The molecule has 106 valence electrons. The van der Waals surface area contributed by atoms with E-state index in [1.807, 2.05) is 24.3 Å². The van der Waals surface area contributed by atoms with Crippen LogP contribution in [0.25, 0.3) is 0 Å². The molecule has 0 heterocycles. The molecule has 2 aromatic rings. The Kier molecular flexibility index (Phi) is 5.56. The van der Waals surface area contributed by atoms with Gasteiger partial charge in [0.25, 0.3) is 0 Å². The SMILES string of the molecule is NCC(CCOc1cccc(Br)c1)c1ccc(F)cc1. The van der Waals surface area contributed by atoms with Crippen molar-refractivity contribution < 1.29 is 9.13 Å². The second kappa shape index (κ2) is 7.41. The zero-order chi connectivity index (χ0) is 14.4. The Morgan fingerprint density at radius 2 is 1.90 bits per heavy atom. The lowest BCUT2D eigenvalue weighted by molar-refractivity contribution is 0.298. The molecule has 0 fully saturated rings. The fourth-order valence-corrected chi connectivity index (χ4v) is 2.41. The van der Waals surface area contributed by atoms with Crippen LogP contribution in [0.5, 0.6) is 5.75 Å². The minimum absolute atomic E-state index is 0.183. The van der Waals surface area contributed by atoms with E-state index in [2.05, 4.69) is 15.9 Å². The van der Waals surface area contributed by atoms with Crippen molar-refractivity contribution in [2.75, 3.05) is 13.2 Å². The summed E-state index contributed by atoms with van der Waals surface area (Å²) in [7, 11) is 0. The van der Waals surface area contributed by atoms with Gasteiger partial charge in [0.2, 0.25) is 0 Å². The largest absolute Gasteiger partial charge is 0.494 e. The highest BCUT2D eigenvalue weighted by molar-refractivity contribution is 9.10. The van der Waals surface area contributed by atoms with Crippen molar-refractivity contribution in [2.45, 2.75) is 12.3 Å². The Hall–Kier alpha value is -1.39. The first-order valence-electron chi connectivity index (χ1n) is 6.53. The Morgan fingerprint density at radius 1 is 1.15 bits per heavy atom. The molecule has 2 N–H and O–H groups in total. The molecule has 2 aromatic carbocycles. The summed E-state index contributed by atoms with van der Waals surface area (Å²) in [6.07, 6.45) is 0.800. The summed E-state index contributed by atoms with van der Waals surface area (Å²) >= 11 is 3.40. The van der Waals surface area contributed by atoms with E-state index in [1.54, 1.807) is 12.1 Å². The predicted molar refractivity (Wildman–Crippen MR) is 82.4 cm³/mol. The van der Waals surface area contributed by atoms with Gasteiger partial charge in [-0.05, 0) is 54.8 Å².